The number of amides is 1. The van der Waals surface area contributed by atoms with Crippen molar-refractivity contribution in [2.75, 3.05) is 6.54 Å². The lowest BCUT2D eigenvalue weighted by molar-refractivity contribution is -0.122. The minimum absolute atomic E-state index is 0.00235. The topological polar surface area (TPSA) is 91.3 Å². The summed E-state index contributed by atoms with van der Waals surface area (Å²) in [6.07, 6.45) is 3.35. The van der Waals surface area contributed by atoms with Crippen molar-refractivity contribution in [3.05, 3.63) is 29.6 Å². The van der Waals surface area contributed by atoms with Gasteiger partial charge in [0.1, 0.15) is 5.69 Å². The van der Waals surface area contributed by atoms with Crippen molar-refractivity contribution in [3.63, 3.8) is 0 Å². The molecule has 0 bridgehead atoms. The van der Waals surface area contributed by atoms with E-state index in [0.29, 0.717) is 6.54 Å². The Morgan fingerprint density at radius 1 is 1.50 bits per heavy atom. The first-order valence-electron chi connectivity index (χ1n) is 5.86. The third-order valence-electron chi connectivity index (χ3n) is 2.89. The van der Waals surface area contributed by atoms with E-state index in [-0.39, 0.29) is 17.6 Å². The van der Waals surface area contributed by atoms with Crippen molar-refractivity contribution >= 4 is 11.9 Å². The fourth-order valence-corrected chi connectivity index (χ4v) is 1.88. The number of carbonyl (C=O) groups is 2. The average molecular weight is 249 g/mol. The number of hydrogen-bond acceptors (Lipinski definition) is 4. The smallest absolute Gasteiger partial charge is 0.354 e. The maximum atomic E-state index is 11.7. The number of nitrogens with one attached hydrogen (secondary N) is 2. The van der Waals surface area contributed by atoms with Gasteiger partial charge < -0.3 is 15.7 Å². The van der Waals surface area contributed by atoms with Gasteiger partial charge >= 0.3 is 5.97 Å². The SMILES string of the molecule is O=C(O)c1ccc(CNC(=O)[C@H]2CCCN2)cn1. The van der Waals surface area contributed by atoms with Gasteiger partial charge in [-0.05, 0) is 31.0 Å². The van der Waals surface area contributed by atoms with Crippen LogP contribution in [0.1, 0.15) is 28.9 Å². The minimum Gasteiger partial charge on any atom is -0.477 e. The summed E-state index contributed by atoms with van der Waals surface area (Å²) in [4.78, 5) is 26.1. The number of carboxylic acids is 1. The Morgan fingerprint density at radius 2 is 2.33 bits per heavy atom. The van der Waals surface area contributed by atoms with Crippen LogP contribution in [0.2, 0.25) is 0 Å². The van der Waals surface area contributed by atoms with Gasteiger partial charge in [0.2, 0.25) is 5.91 Å². The zero-order valence-electron chi connectivity index (χ0n) is 9.85. The predicted molar refractivity (Wildman–Crippen MR) is 64.1 cm³/mol. The van der Waals surface area contributed by atoms with Gasteiger partial charge in [0.05, 0.1) is 6.04 Å². The molecular weight excluding hydrogens is 234 g/mol. The van der Waals surface area contributed by atoms with Gasteiger partial charge in [-0.1, -0.05) is 6.07 Å². The summed E-state index contributed by atoms with van der Waals surface area (Å²) in [5.41, 5.74) is 0.786. The van der Waals surface area contributed by atoms with E-state index in [1.54, 1.807) is 6.07 Å². The Kier molecular flexibility index (Phi) is 3.88. The van der Waals surface area contributed by atoms with Crippen molar-refractivity contribution in [1.29, 1.82) is 0 Å². The van der Waals surface area contributed by atoms with Crippen LogP contribution in [-0.4, -0.2) is 34.6 Å². The summed E-state index contributed by atoms with van der Waals surface area (Å²) in [5.74, 6) is -1.07. The molecule has 0 unspecified atom stereocenters. The van der Waals surface area contributed by atoms with Crippen LogP contribution in [0.25, 0.3) is 0 Å². The molecule has 2 heterocycles. The van der Waals surface area contributed by atoms with Gasteiger partial charge in [0.15, 0.2) is 0 Å². The highest BCUT2D eigenvalue weighted by molar-refractivity contribution is 5.85. The molecule has 1 amide bonds. The molecule has 0 saturated carbocycles. The molecule has 1 aromatic rings. The Bertz CT molecular complexity index is 438. The van der Waals surface area contributed by atoms with Crippen LogP contribution >= 0.6 is 0 Å². The number of hydrogen-bond donors (Lipinski definition) is 3. The number of rotatable bonds is 4. The summed E-state index contributed by atoms with van der Waals surface area (Å²) >= 11 is 0. The number of carboxylic acid groups (broad SMARTS) is 1. The molecule has 1 aliphatic rings. The monoisotopic (exact) mass is 249 g/mol. The molecular formula is C12H15N3O3. The van der Waals surface area contributed by atoms with Crippen molar-refractivity contribution in [1.82, 2.24) is 15.6 Å². The predicted octanol–water partition coefficient (Wildman–Crippen LogP) is 0.148. The van der Waals surface area contributed by atoms with Crippen LogP contribution in [0.5, 0.6) is 0 Å². The van der Waals surface area contributed by atoms with E-state index >= 15 is 0 Å². The lowest BCUT2D eigenvalue weighted by Crippen LogP contribution is -2.40. The van der Waals surface area contributed by atoms with Gasteiger partial charge in [-0.2, -0.15) is 0 Å². The molecule has 1 aliphatic heterocycles. The fraction of sp³-hybridized carbons (Fsp3) is 0.417. The first kappa shape index (κ1) is 12.5. The molecule has 1 aromatic heterocycles. The van der Waals surface area contributed by atoms with Gasteiger partial charge in [-0.25, -0.2) is 9.78 Å². The first-order valence-corrected chi connectivity index (χ1v) is 5.86. The molecule has 0 radical (unpaired) electrons. The maximum Gasteiger partial charge on any atom is 0.354 e. The highest BCUT2D eigenvalue weighted by Crippen LogP contribution is 2.05. The minimum atomic E-state index is -1.05. The normalized spacial score (nSPS) is 18.6. The fourth-order valence-electron chi connectivity index (χ4n) is 1.88. The largest absolute Gasteiger partial charge is 0.477 e. The molecule has 0 aliphatic carbocycles. The van der Waals surface area contributed by atoms with Gasteiger partial charge in [-0.15, -0.1) is 0 Å². The zero-order chi connectivity index (χ0) is 13.0. The van der Waals surface area contributed by atoms with Gasteiger partial charge in [0.25, 0.3) is 0 Å². The van der Waals surface area contributed by atoms with Crippen LogP contribution < -0.4 is 10.6 Å². The molecule has 96 valence electrons. The van der Waals surface area contributed by atoms with Crippen LogP contribution in [0.3, 0.4) is 0 Å². The molecule has 0 aromatic carbocycles. The quantitative estimate of drug-likeness (QED) is 0.706. The van der Waals surface area contributed by atoms with E-state index in [9.17, 15) is 9.59 Å². The number of pyridine rings is 1. The standard InChI is InChI=1S/C12H15N3O3/c16-11(9-2-1-5-13-9)15-7-8-3-4-10(12(17)18)14-6-8/h3-4,6,9,13H,1-2,5,7H2,(H,15,16)(H,17,18)/t9-/m1/s1. The zero-order valence-corrected chi connectivity index (χ0v) is 9.85. The summed E-state index contributed by atoms with van der Waals surface area (Å²) < 4.78 is 0. The third kappa shape index (κ3) is 3.04. The summed E-state index contributed by atoms with van der Waals surface area (Å²) in [5, 5.41) is 14.6. The van der Waals surface area contributed by atoms with Crippen molar-refractivity contribution < 1.29 is 14.7 Å². The lowest BCUT2D eigenvalue weighted by Gasteiger charge is -2.10. The second-order valence-corrected chi connectivity index (χ2v) is 4.22. The number of aromatic carboxylic acids is 1. The van der Waals surface area contributed by atoms with Crippen LogP contribution in [0.4, 0.5) is 0 Å². The lowest BCUT2D eigenvalue weighted by atomic mass is 10.2. The van der Waals surface area contributed by atoms with Crippen LogP contribution in [0, 0.1) is 0 Å². The van der Waals surface area contributed by atoms with Gasteiger partial charge in [0, 0.05) is 12.7 Å². The molecule has 2 rings (SSSR count). The molecule has 0 spiro atoms. The second-order valence-electron chi connectivity index (χ2n) is 4.22. The van der Waals surface area contributed by atoms with E-state index in [0.717, 1.165) is 24.9 Å². The molecule has 6 heteroatoms. The summed E-state index contributed by atoms with van der Waals surface area (Å²) in [7, 11) is 0. The van der Waals surface area contributed by atoms with E-state index in [2.05, 4.69) is 15.6 Å². The van der Waals surface area contributed by atoms with Crippen molar-refractivity contribution in [3.8, 4) is 0 Å². The molecule has 3 N–H and O–H groups in total. The Morgan fingerprint density at radius 3 is 2.89 bits per heavy atom. The summed E-state index contributed by atoms with van der Waals surface area (Å²) in [6, 6.07) is 2.98. The maximum absolute atomic E-state index is 11.7. The highest BCUT2D eigenvalue weighted by atomic mass is 16.4. The molecule has 1 fully saturated rings. The van der Waals surface area contributed by atoms with Crippen molar-refractivity contribution in [2.24, 2.45) is 0 Å². The second kappa shape index (κ2) is 5.59. The number of carbonyl (C=O) groups excluding carboxylic acids is 1. The first-order chi connectivity index (χ1) is 8.66. The number of nitrogens with zero attached hydrogens (tertiary/aromatic N) is 1. The molecule has 6 nitrogen and oxygen atoms in total. The van der Waals surface area contributed by atoms with E-state index in [1.165, 1.54) is 12.3 Å². The highest BCUT2D eigenvalue weighted by Gasteiger charge is 2.21. The van der Waals surface area contributed by atoms with E-state index < -0.39 is 5.97 Å². The molecule has 18 heavy (non-hydrogen) atoms. The van der Waals surface area contributed by atoms with Crippen molar-refractivity contribution in [2.45, 2.75) is 25.4 Å². The van der Waals surface area contributed by atoms with E-state index in [4.69, 9.17) is 5.11 Å². The van der Waals surface area contributed by atoms with E-state index in [1.807, 2.05) is 0 Å². The molecule has 1 atom stereocenters. The Labute approximate surface area is 104 Å². The third-order valence-corrected chi connectivity index (χ3v) is 2.89. The van der Waals surface area contributed by atoms with Crippen LogP contribution in [-0.2, 0) is 11.3 Å². The average Bonchev–Trinajstić information content (AvgIpc) is 2.90. The van der Waals surface area contributed by atoms with Gasteiger partial charge in [-0.3, -0.25) is 4.79 Å². The number of aromatic nitrogens is 1. The Balaban J connectivity index is 1.86. The van der Waals surface area contributed by atoms with Crippen LogP contribution in [0.15, 0.2) is 18.3 Å². The Hall–Kier alpha value is -1.95. The molecule has 1 saturated heterocycles. The summed E-state index contributed by atoms with van der Waals surface area (Å²) in [6.45, 7) is 1.25.